The Morgan fingerprint density at radius 2 is 2.00 bits per heavy atom. The maximum Gasteiger partial charge on any atom is 0.246 e. The molecule has 0 bridgehead atoms. The minimum Gasteiger partial charge on any atom is -0.284 e. The average molecular weight is 400 g/mol. The number of hydrogen-bond acceptors (Lipinski definition) is 4. The fourth-order valence-corrected chi connectivity index (χ4v) is 5.00. The summed E-state index contributed by atoms with van der Waals surface area (Å²) in [4.78, 5) is 4.95. The number of H-pyrrole nitrogens is 1. The van der Waals surface area contributed by atoms with E-state index in [0.717, 1.165) is 29.8 Å². The quantitative estimate of drug-likeness (QED) is 0.714. The predicted octanol–water partition coefficient (Wildman–Crippen LogP) is 3.10. The molecule has 146 valence electrons. The number of benzene rings is 1. The molecule has 2 aromatic heterocycles. The molecule has 1 aliphatic heterocycles. The van der Waals surface area contributed by atoms with E-state index in [9.17, 15) is 12.8 Å². The standard InChI is InChI=1S/C20H21FN4O2S/c21-17-8-6-15(7-9-17)11-18-4-1-5-20(24-18)16-3-2-10-25(14-16)28(26,27)19-12-22-23-13-19/h1,4-9,12-13,16H,2-3,10-11,14H2,(H,22,23)/t16-/m1/s1. The molecule has 0 unspecified atom stereocenters. The van der Waals surface area contributed by atoms with Crippen molar-refractivity contribution in [1.29, 1.82) is 0 Å². The minimum absolute atomic E-state index is 0.0450. The number of sulfonamides is 1. The Labute approximate surface area is 163 Å². The van der Waals surface area contributed by atoms with E-state index in [-0.39, 0.29) is 16.6 Å². The van der Waals surface area contributed by atoms with Crippen LogP contribution < -0.4 is 0 Å². The van der Waals surface area contributed by atoms with Crippen LogP contribution in [0.1, 0.15) is 35.7 Å². The van der Waals surface area contributed by atoms with Crippen molar-refractivity contribution in [3.05, 3.63) is 77.6 Å². The minimum atomic E-state index is -3.55. The maximum absolute atomic E-state index is 13.1. The molecule has 1 saturated heterocycles. The molecular formula is C20H21FN4O2S. The zero-order valence-electron chi connectivity index (χ0n) is 15.3. The molecule has 0 spiro atoms. The first-order chi connectivity index (χ1) is 13.5. The summed E-state index contributed by atoms with van der Waals surface area (Å²) < 4.78 is 40.2. The molecule has 1 N–H and O–H groups in total. The summed E-state index contributed by atoms with van der Waals surface area (Å²) in [5.41, 5.74) is 2.77. The van der Waals surface area contributed by atoms with Gasteiger partial charge in [-0.1, -0.05) is 18.2 Å². The Bertz CT molecular complexity index is 1040. The second-order valence-electron chi connectivity index (χ2n) is 6.99. The van der Waals surface area contributed by atoms with Crippen LogP contribution in [0.3, 0.4) is 0 Å². The van der Waals surface area contributed by atoms with Gasteiger partial charge in [-0.05, 0) is 42.7 Å². The molecule has 0 amide bonds. The molecule has 0 saturated carbocycles. The van der Waals surface area contributed by atoms with Gasteiger partial charge in [0.25, 0.3) is 0 Å². The molecule has 1 aliphatic rings. The SMILES string of the molecule is O=S(=O)(c1cn[nH]c1)N1CCC[C@@H](c2cccc(Cc3ccc(F)cc3)n2)C1. The van der Waals surface area contributed by atoms with Crippen LogP contribution in [0.2, 0.25) is 0 Å². The number of aromatic nitrogens is 3. The molecule has 8 heteroatoms. The summed E-state index contributed by atoms with van der Waals surface area (Å²) >= 11 is 0. The van der Waals surface area contributed by atoms with Crippen molar-refractivity contribution in [1.82, 2.24) is 19.5 Å². The number of nitrogens with zero attached hydrogens (tertiary/aromatic N) is 3. The summed E-state index contributed by atoms with van der Waals surface area (Å²) in [5.74, 6) is -0.213. The first-order valence-electron chi connectivity index (χ1n) is 9.21. The third-order valence-corrected chi connectivity index (χ3v) is 6.87. The first-order valence-corrected chi connectivity index (χ1v) is 10.7. The van der Waals surface area contributed by atoms with E-state index in [4.69, 9.17) is 4.98 Å². The number of nitrogens with one attached hydrogen (secondary N) is 1. The van der Waals surface area contributed by atoms with E-state index >= 15 is 0 Å². The highest BCUT2D eigenvalue weighted by Crippen LogP contribution is 2.29. The number of aromatic amines is 1. The molecule has 1 aromatic carbocycles. The molecular weight excluding hydrogens is 379 g/mol. The molecule has 4 rings (SSSR count). The second kappa shape index (κ2) is 7.81. The monoisotopic (exact) mass is 400 g/mol. The van der Waals surface area contributed by atoms with Gasteiger partial charge in [0.2, 0.25) is 10.0 Å². The highest BCUT2D eigenvalue weighted by Gasteiger charge is 2.32. The molecule has 28 heavy (non-hydrogen) atoms. The van der Waals surface area contributed by atoms with Gasteiger partial charge < -0.3 is 0 Å². The van der Waals surface area contributed by atoms with Crippen molar-refractivity contribution >= 4 is 10.0 Å². The van der Waals surface area contributed by atoms with Gasteiger partial charge >= 0.3 is 0 Å². The van der Waals surface area contributed by atoms with Gasteiger partial charge in [0, 0.05) is 43.0 Å². The number of hydrogen-bond donors (Lipinski definition) is 1. The van der Waals surface area contributed by atoms with Gasteiger partial charge in [-0.25, -0.2) is 12.8 Å². The molecule has 3 aromatic rings. The second-order valence-corrected chi connectivity index (χ2v) is 8.93. The average Bonchev–Trinajstić information content (AvgIpc) is 3.26. The van der Waals surface area contributed by atoms with E-state index in [1.807, 2.05) is 18.2 Å². The Balaban J connectivity index is 1.51. The number of rotatable bonds is 5. The Kier molecular flexibility index (Phi) is 5.23. The van der Waals surface area contributed by atoms with Crippen molar-refractivity contribution in [2.75, 3.05) is 13.1 Å². The Morgan fingerprint density at radius 1 is 1.18 bits per heavy atom. The van der Waals surface area contributed by atoms with Crippen LogP contribution in [-0.2, 0) is 16.4 Å². The third kappa shape index (κ3) is 3.98. The summed E-state index contributed by atoms with van der Waals surface area (Å²) in [7, 11) is -3.55. The number of halogens is 1. The zero-order chi connectivity index (χ0) is 19.6. The van der Waals surface area contributed by atoms with E-state index in [0.29, 0.717) is 19.5 Å². The largest absolute Gasteiger partial charge is 0.284 e. The molecule has 1 fully saturated rings. The van der Waals surface area contributed by atoms with Gasteiger partial charge in [0.05, 0.1) is 6.20 Å². The molecule has 0 aliphatic carbocycles. The van der Waals surface area contributed by atoms with Gasteiger partial charge in [0.1, 0.15) is 10.7 Å². The van der Waals surface area contributed by atoms with Gasteiger partial charge in [0.15, 0.2) is 0 Å². The topological polar surface area (TPSA) is 79.0 Å². The van der Waals surface area contributed by atoms with Gasteiger partial charge in [-0.2, -0.15) is 9.40 Å². The fraction of sp³-hybridized carbons (Fsp3) is 0.300. The van der Waals surface area contributed by atoms with Gasteiger partial charge in [-0.3, -0.25) is 10.1 Å². The zero-order valence-corrected chi connectivity index (χ0v) is 16.1. The van der Waals surface area contributed by atoms with E-state index in [1.165, 1.54) is 28.8 Å². The van der Waals surface area contributed by atoms with Crippen LogP contribution in [-0.4, -0.2) is 41.0 Å². The van der Waals surface area contributed by atoms with Crippen LogP contribution in [0, 0.1) is 5.82 Å². The lowest BCUT2D eigenvalue weighted by atomic mass is 9.95. The Morgan fingerprint density at radius 3 is 2.75 bits per heavy atom. The third-order valence-electron chi connectivity index (χ3n) is 5.04. The summed E-state index contributed by atoms with van der Waals surface area (Å²) in [5, 5.41) is 6.31. The lowest BCUT2D eigenvalue weighted by Crippen LogP contribution is -2.39. The van der Waals surface area contributed by atoms with E-state index in [2.05, 4.69) is 10.2 Å². The van der Waals surface area contributed by atoms with Crippen molar-refractivity contribution in [3.8, 4) is 0 Å². The highest BCUT2D eigenvalue weighted by atomic mass is 32.2. The lowest BCUT2D eigenvalue weighted by Gasteiger charge is -2.31. The van der Waals surface area contributed by atoms with Crippen LogP contribution in [0.5, 0.6) is 0 Å². The Hall–Kier alpha value is -2.58. The van der Waals surface area contributed by atoms with Gasteiger partial charge in [-0.15, -0.1) is 0 Å². The first kappa shape index (κ1) is 18.8. The van der Waals surface area contributed by atoms with Crippen LogP contribution in [0.15, 0.2) is 59.8 Å². The smallest absolute Gasteiger partial charge is 0.246 e. The maximum atomic E-state index is 13.1. The van der Waals surface area contributed by atoms with Crippen LogP contribution in [0.4, 0.5) is 4.39 Å². The number of piperidine rings is 1. The van der Waals surface area contributed by atoms with Crippen molar-refractivity contribution in [3.63, 3.8) is 0 Å². The summed E-state index contributed by atoms with van der Waals surface area (Å²) in [6.45, 7) is 0.903. The van der Waals surface area contributed by atoms with Crippen LogP contribution in [0.25, 0.3) is 0 Å². The van der Waals surface area contributed by atoms with E-state index in [1.54, 1.807) is 12.1 Å². The lowest BCUT2D eigenvalue weighted by molar-refractivity contribution is 0.312. The van der Waals surface area contributed by atoms with Crippen molar-refractivity contribution in [2.24, 2.45) is 0 Å². The van der Waals surface area contributed by atoms with Crippen molar-refractivity contribution < 1.29 is 12.8 Å². The molecule has 0 radical (unpaired) electrons. The van der Waals surface area contributed by atoms with Crippen LogP contribution >= 0.6 is 0 Å². The molecule has 1 atom stereocenters. The molecule has 3 heterocycles. The predicted molar refractivity (Wildman–Crippen MR) is 103 cm³/mol. The summed E-state index contributed by atoms with van der Waals surface area (Å²) in [6, 6.07) is 12.2. The highest BCUT2D eigenvalue weighted by molar-refractivity contribution is 7.89. The normalized spacial score (nSPS) is 18.2. The fourth-order valence-electron chi connectivity index (χ4n) is 3.57. The van der Waals surface area contributed by atoms with Crippen molar-refractivity contribution in [2.45, 2.75) is 30.1 Å². The summed E-state index contributed by atoms with van der Waals surface area (Å²) in [6.07, 6.45) is 5.02. The number of pyridine rings is 1. The molecule has 6 nitrogen and oxygen atoms in total. The van der Waals surface area contributed by atoms with E-state index < -0.39 is 10.0 Å².